The smallest absolute Gasteiger partial charge is 0.315 e. The molecule has 1 aliphatic carbocycles. The van der Waals surface area contributed by atoms with Crippen molar-refractivity contribution < 1.29 is 4.79 Å². The second-order valence-corrected chi connectivity index (χ2v) is 6.35. The SMILES string of the molecule is O=C(NCc1nc2ccccc2s1)NC1CCCCC1. The summed E-state index contributed by atoms with van der Waals surface area (Å²) in [5.74, 6) is 0. The second-order valence-electron chi connectivity index (χ2n) is 5.24. The first kappa shape index (κ1) is 13.4. The first-order valence-electron chi connectivity index (χ1n) is 7.20. The summed E-state index contributed by atoms with van der Waals surface area (Å²) >= 11 is 1.63. The Balaban J connectivity index is 1.51. The van der Waals surface area contributed by atoms with Crippen molar-refractivity contribution in [1.29, 1.82) is 0 Å². The summed E-state index contributed by atoms with van der Waals surface area (Å²) in [6, 6.07) is 8.31. The van der Waals surface area contributed by atoms with Crippen LogP contribution in [0.15, 0.2) is 24.3 Å². The van der Waals surface area contributed by atoms with Gasteiger partial charge in [-0.3, -0.25) is 0 Å². The summed E-state index contributed by atoms with van der Waals surface area (Å²) < 4.78 is 1.16. The second kappa shape index (κ2) is 6.22. The van der Waals surface area contributed by atoms with Crippen LogP contribution in [0.2, 0.25) is 0 Å². The van der Waals surface area contributed by atoms with Crippen LogP contribution in [0.25, 0.3) is 10.2 Å². The van der Waals surface area contributed by atoms with Gasteiger partial charge >= 0.3 is 6.03 Å². The van der Waals surface area contributed by atoms with Crippen molar-refractivity contribution in [3.8, 4) is 0 Å². The molecule has 5 heteroatoms. The molecule has 20 heavy (non-hydrogen) atoms. The van der Waals surface area contributed by atoms with Crippen LogP contribution in [0, 0.1) is 0 Å². The summed E-state index contributed by atoms with van der Waals surface area (Å²) in [7, 11) is 0. The van der Waals surface area contributed by atoms with Gasteiger partial charge in [-0.25, -0.2) is 9.78 Å². The van der Waals surface area contributed by atoms with E-state index in [-0.39, 0.29) is 6.03 Å². The van der Waals surface area contributed by atoms with Crippen molar-refractivity contribution in [1.82, 2.24) is 15.6 Å². The van der Waals surface area contributed by atoms with Gasteiger partial charge in [-0.1, -0.05) is 31.4 Å². The molecular formula is C15H19N3OS. The summed E-state index contributed by atoms with van der Waals surface area (Å²) in [4.78, 5) is 16.4. The van der Waals surface area contributed by atoms with E-state index in [9.17, 15) is 4.79 Å². The lowest BCUT2D eigenvalue weighted by Gasteiger charge is -2.22. The third-order valence-electron chi connectivity index (χ3n) is 3.68. The highest BCUT2D eigenvalue weighted by Gasteiger charge is 2.15. The summed E-state index contributed by atoms with van der Waals surface area (Å²) in [6.45, 7) is 0.498. The maximum atomic E-state index is 11.9. The number of para-hydroxylation sites is 1. The van der Waals surface area contributed by atoms with Gasteiger partial charge in [0.15, 0.2) is 0 Å². The van der Waals surface area contributed by atoms with Crippen LogP contribution in [0.4, 0.5) is 4.79 Å². The molecule has 1 aromatic heterocycles. The fraction of sp³-hybridized carbons (Fsp3) is 0.467. The highest BCUT2D eigenvalue weighted by molar-refractivity contribution is 7.18. The van der Waals surface area contributed by atoms with E-state index in [2.05, 4.69) is 21.7 Å². The molecule has 2 amide bonds. The lowest BCUT2D eigenvalue weighted by Crippen LogP contribution is -2.42. The third kappa shape index (κ3) is 3.28. The number of fused-ring (bicyclic) bond motifs is 1. The number of aromatic nitrogens is 1. The van der Waals surface area contributed by atoms with Gasteiger partial charge in [0, 0.05) is 6.04 Å². The number of nitrogens with one attached hydrogen (secondary N) is 2. The monoisotopic (exact) mass is 289 g/mol. The molecule has 0 bridgehead atoms. The molecule has 1 aromatic carbocycles. The Labute approximate surface area is 122 Å². The molecule has 3 rings (SSSR count). The average molecular weight is 289 g/mol. The molecule has 0 unspecified atom stereocenters. The van der Waals surface area contributed by atoms with Gasteiger partial charge in [0.1, 0.15) is 5.01 Å². The van der Waals surface area contributed by atoms with Crippen LogP contribution in [-0.2, 0) is 6.54 Å². The Morgan fingerprint density at radius 2 is 2.05 bits per heavy atom. The third-order valence-corrected chi connectivity index (χ3v) is 4.72. The molecule has 2 N–H and O–H groups in total. The Hall–Kier alpha value is -1.62. The molecule has 4 nitrogen and oxygen atoms in total. The van der Waals surface area contributed by atoms with E-state index in [1.807, 2.05) is 18.2 Å². The number of nitrogens with zero attached hydrogens (tertiary/aromatic N) is 1. The van der Waals surface area contributed by atoms with E-state index >= 15 is 0 Å². The molecule has 0 atom stereocenters. The Morgan fingerprint density at radius 3 is 2.85 bits per heavy atom. The molecule has 0 saturated heterocycles. The van der Waals surface area contributed by atoms with E-state index in [1.165, 1.54) is 19.3 Å². The molecule has 2 aromatic rings. The average Bonchev–Trinajstić information content (AvgIpc) is 2.89. The number of rotatable bonds is 3. The normalized spacial score (nSPS) is 16.2. The van der Waals surface area contributed by atoms with Gasteiger partial charge in [0.05, 0.1) is 16.8 Å². The minimum atomic E-state index is -0.0730. The van der Waals surface area contributed by atoms with Gasteiger partial charge in [-0.05, 0) is 25.0 Å². The summed E-state index contributed by atoms with van der Waals surface area (Å²) in [5, 5.41) is 6.90. The van der Waals surface area contributed by atoms with E-state index in [0.29, 0.717) is 12.6 Å². The lowest BCUT2D eigenvalue weighted by atomic mass is 9.96. The van der Waals surface area contributed by atoms with Crippen LogP contribution in [-0.4, -0.2) is 17.1 Å². The first-order chi connectivity index (χ1) is 9.81. The van der Waals surface area contributed by atoms with Crippen LogP contribution < -0.4 is 10.6 Å². The van der Waals surface area contributed by atoms with Crippen LogP contribution >= 0.6 is 11.3 Å². The number of hydrogen-bond donors (Lipinski definition) is 2. The van der Waals surface area contributed by atoms with Crippen molar-refractivity contribution in [2.45, 2.75) is 44.7 Å². The zero-order valence-electron chi connectivity index (χ0n) is 11.4. The highest BCUT2D eigenvalue weighted by Crippen LogP contribution is 2.21. The largest absolute Gasteiger partial charge is 0.335 e. The number of thiazole rings is 1. The standard InChI is InChI=1S/C15H19N3OS/c19-15(17-11-6-2-1-3-7-11)16-10-14-18-12-8-4-5-9-13(12)20-14/h4-5,8-9,11H,1-3,6-7,10H2,(H2,16,17,19). The van der Waals surface area contributed by atoms with Crippen molar-refractivity contribution >= 4 is 27.6 Å². The zero-order chi connectivity index (χ0) is 13.8. The fourth-order valence-electron chi connectivity index (χ4n) is 2.63. The first-order valence-corrected chi connectivity index (χ1v) is 8.02. The minimum absolute atomic E-state index is 0.0730. The Bertz CT molecular complexity index is 557. The molecule has 1 heterocycles. The van der Waals surface area contributed by atoms with E-state index in [1.54, 1.807) is 11.3 Å². The molecule has 1 fully saturated rings. The quantitative estimate of drug-likeness (QED) is 0.909. The van der Waals surface area contributed by atoms with E-state index in [4.69, 9.17) is 0 Å². The summed E-state index contributed by atoms with van der Waals surface area (Å²) in [5.41, 5.74) is 1.00. The molecule has 0 radical (unpaired) electrons. The number of hydrogen-bond acceptors (Lipinski definition) is 3. The van der Waals surface area contributed by atoms with Crippen molar-refractivity contribution in [3.63, 3.8) is 0 Å². The summed E-state index contributed by atoms with van der Waals surface area (Å²) in [6.07, 6.45) is 5.96. The van der Waals surface area contributed by atoms with Gasteiger partial charge < -0.3 is 10.6 Å². The van der Waals surface area contributed by atoms with Crippen LogP contribution in [0.5, 0.6) is 0 Å². The number of amides is 2. The zero-order valence-corrected chi connectivity index (χ0v) is 12.2. The topological polar surface area (TPSA) is 54.0 Å². The lowest BCUT2D eigenvalue weighted by molar-refractivity contribution is 0.232. The van der Waals surface area contributed by atoms with E-state index < -0.39 is 0 Å². The number of urea groups is 1. The van der Waals surface area contributed by atoms with Gasteiger partial charge in [-0.15, -0.1) is 11.3 Å². The highest BCUT2D eigenvalue weighted by atomic mass is 32.1. The molecule has 1 saturated carbocycles. The molecular weight excluding hydrogens is 270 g/mol. The number of carbonyl (C=O) groups is 1. The van der Waals surface area contributed by atoms with Crippen molar-refractivity contribution in [2.75, 3.05) is 0 Å². The Morgan fingerprint density at radius 1 is 1.25 bits per heavy atom. The van der Waals surface area contributed by atoms with Gasteiger partial charge in [0.25, 0.3) is 0 Å². The maximum absolute atomic E-state index is 11.9. The maximum Gasteiger partial charge on any atom is 0.315 e. The molecule has 0 spiro atoms. The van der Waals surface area contributed by atoms with Crippen molar-refractivity contribution in [3.05, 3.63) is 29.3 Å². The number of carbonyl (C=O) groups excluding carboxylic acids is 1. The van der Waals surface area contributed by atoms with E-state index in [0.717, 1.165) is 28.1 Å². The van der Waals surface area contributed by atoms with Crippen LogP contribution in [0.1, 0.15) is 37.1 Å². The predicted octanol–water partition coefficient (Wildman–Crippen LogP) is 3.43. The van der Waals surface area contributed by atoms with Gasteiger partial charge in [-0.2, -0.15) is 0 Å². The minimum Gasteiger partial charge on any atom is -0.335 e. The molecule has 106 valence electrons. The molecule has 0 aliphatic heterocycles. The van der Waals surface area contributed by atoms with Gasteiger partial charge in [0.2, 0.25) is 0 Å². The Kier molecular flexibility index (Phi) is 4.16. The molecule has 1 aliphatic rings. The fourth-order valence-corrected chi connectivity index (χ4v) is 3.54. The van der Waals surface area contributed by atoms with Crippen LogP contribution in [0.3, 0.4) is 0 Å². The number of benzene rings is 1. The predicted molar refractivity (Wildman–Crippen MR) is 81.9 cm³/mol. The van der Waals surface area contributed by atoms with Crippen molar-refractivity contribution in [2.24, 2.45) is 0 Å².